The highest BCUT2D eigenvalue weighted by atomic mass is 31.0. The Morgan fingerprint density at radius 3 is 2.00 bits per heavy atom. The van der Waals surface area contributed by atoms with Gasteiger partial charge in [0.2, 0.25) is 0 Å². The summed E-state index contributed by atoms with van der Waals surface area (Å²) in [6.07, 6.45) is 4.72. The van der Waals surface area contributed by atoms with E-state index >= 15 is 0 Å². The molecular weight excluding hydrogens is 297 g/mol. The normalized spacial score (nSPS) is 20.7. The SMILES string of the molecule is CC1(C)CC(Cc2ccc3cc(CP)ccc3c2)CC(C)(C)N1. The van der Waals surface area contributed by atoms with Crippen LogP contribution < -0.4 is 5.32 Å². The average Bonchev–Trinajstić information content (AvgIpc) is 2.43. The third-order valence-electron chi connectivity index (χ3n) is 5.00. The Morgan fingerprint density at radius 1 is 0.913 bits per heavy atom. The monoisotopic (exact) mass is 327 g/mol. The van der Waals surface area contributed by atoms with Gasteiger partial charge in [0, 0.05) is 11.1 Å². The van der Waals surface area contributed by atoms with Gasteiger partial charge in [0.05, 0.1) is 0 Å². The lowest BCUT2D eigenvalue weighted by molar-refractivity contribution is 0.128. The van der Waals surface area contributed by atoms with Gasteiger partial charge in [-0.3, -0.25) is 0 Å². The first-order valence-electron chi connectivity index (χ1n) is 8.77. The van der Waals surface area contributed by atoms with Gasteiger partial charge >= 0.3 is 0 Å². The second kappa shape index (κ2) is 6.19. The molecule has 0 bridgehead atoms. The van der Waals surface area contributed by atoms with Crippen LogP contribution in [0.15, 0.2) is 36.4 Å². The number of nitrogens with one attached hydrogen (secondary N) is 1. The van der Waals surface area contributed by atoms with Crippen LogP contribution in [0.5, 0.6) is 0 Å². The highest BCUT2D eigenvalue weighted by Gasteiger charge is 2.37. The smallest absolute Gasteiger partial charge is 0.0132 e. The molecule has 3 rings (SSSR count). The van der Waals surface area contributed by atoms with E-state index in [1.807, 2.05) is 0 Å². The Morgan fingerprint density at radius 2 is 1.43 bits per heavy atom. The standard InChI is InChI=1S/C21H30NP/c1-20(2)12-17(13-21(3,4)22-20)9-15-5-7-19-11-16(14-23)6-8-18(19)10-15/h5-8,10-11,17,22H,9,12-14,23H2,1-4H3. The van der Waals surface area contributed by atoms with E-state index in [0.29, 0.717) is 0 Å². The fourth-order valence-electron chi connectivity index (χ4n) is 4.61. The van der Waals surface area contributed by atoms with Crippen LogP contribution in [0.4, 0.5) is 0 Å². The van der Waals surface area contributed by atoms with Crippen LogP contribution in [0.3, 0.4) is 0 Å². The molecule has 1 fully saturated rings. The molecule has 1 aliphatic rings. The van der Waals surface area contributed by atoms with Crippen LogP contribution in [0.2, 0.25) is 0 Å². The minimum atomic E-state index is 0.233. The molecule has 0 amide bonds. The predicted octanol–water partition coefficient (Wildman–Crippen LogP) is 5.31. The molecule has 0 spiro atoms. The van der Waals surface area contributed by atoms with E-state index in [2.05, 4.69) is 78.6 Å². The van der Waals surface area contributed by atoms with Crippen LogP contribution in [0, 0.1) is 5.92 Å². The summed E-state index contributed by atoms with van der Waals surface area (Å²) in [6, 6.07) is 13.8. The second-order valence-corrected chi connectivity index (χ2v) is 9.00. The molecule has 0 aromatic heterocycles. The van der Waals surface area contributed by atoms with Gasteiger partial charge < -0.3 is 5.32 Å². The van der Waals surface area contributed by atoms with Crippen LogP contribution in [0.1, 0.15) is 51.7 Å². The summed E-state index contributed by atoms with van der Waals surface area (Å²) in [6.45, 7) is 9.36. The number of hydrogen-bond donors (Lipinski definition) is 1. The van der Waals surface area contributed by atoms with E-state index in [-0.39, 0.29) is 11.1 Å². The van der Waals surface area contributed by atoms with Crippen molar-refractivity contribution >= 4 is 20.0 Å². The molecule has 0 radical (unpaired) electrons. The third-order valence-corrected chi connectivity index (χ3v) is 5.48. The van der Waals surface area contributed by atoms with Crippen LogP contribution >= 0.6 is 9.24 Å². The maximum atomic E-state index is 3.79. The average molecular weight is 327 g/mol. The number of hydrogen-bond acceptors (Lipinski definition) is 1. The first-order chi connectivity index (χ1) is 10.8. The predicted molar refractivity (Wildman–Crippen MR) is 105 cm³/mol. The van der Waals surface area contributed by atoms with E-state index < -0.39 is 0 Å². The van der Waals surface area contributed by atoms with Crippen molar-refractivity contribution in [1.82, 2.24) is 5.32 Å². The molecule has 1 N–H and O–H groups in total. The van der Waals surface area contributed by atoms with Crippen molar-refractivity contribution in [2.45, 2.75) is 64.2 Å². The van der Waals surface area contributed by atoms with Gasteiger partial charge in [0.1, 0.15) is 0 Å². The largest absolute Gasteiger partial charge is 0.307 e. The number of fused-ring (bicyclic) bond motifs is 1. The summed E-state index contributed by atoms with van der Waals surface area (Å²) in [5.74, 6) is 0.755. The van der Waals surface area contributed by atoms with Crippen molar-refractivity contribution in [3.8, 4) is 0 Å². The topological polar surface area (TPSA) is 12.0 Å². The molecule has 124 valence electrons. The van der Waals surface area contributed by atoms with Gasteiger partial charge in [-0.2, -0.15) is 0 Å². The third kappa shape index (κ3) is 4.14. The Labute approximate surface area is 143 Å². The van der Waals surface area contributed by atoms with Crippen LogP contribution in [-0.2, 0) is 12.6 Å². The molecule has 1 aliphatic heterocycles. The highest BCUT2D eigenvalue weighted by Crippen LogP contribution is 2.35. The highest BCUT2D eigenvalue weighted by molar-refractivity contribution is 7.15. The molecule has 1 nitrogen and oxygen atoms in total. The van der Waals surface area contributed by atoms with Gasteiger partial charge in [-0.15, -0.1) is 9.24 Å². The molecule has 0 aliphatic carbocycles. The summed E-state index contributed by atoms with van der Waals surface area (Å²) in [4.78, 5) is 0. The first kappa shape index (κ1) is 16.9. The zero-order valence-corrected chi connectivity index (χ0v) is 16.1. The molecule has 1 saturated heterocycles. The van der Waals surface area contributed by atoms with Gasteiger partial charge in [-0.05, 0) is 80.9 Å². The maximum absolute atomic E-state index is 3.79. The second-order valence-electron chi connectivity index (χ2n) is 8.59. The molecular formula is C21H30NP. The molecule has 2 heteroatoms. The van der Waals surface area contributed by atoms with Gasteiger partial charge in [-0.1, -0.05) is 36.4 Å². The van der Waals surface area contributed by atoms with Crippen molar-refractivity contribution in [1.29, 1.82) is 0 Å². The fourth-order valence-corrected chi connectivity index (χ4v) is 4.86. The van der Waals surface area contributed by atoms with Crippen molar-refractivity contribution < 1.29 is 0 Å². The van der Waals surface area contributed by atoms with Crippen molar-refractivity contribution in [3.63, 3.8) is 0 Å². The lowest BCUT2D eigenvalue weighted by Gasteiger charge is -2.46. The first-order valence-corrected chi connectivity index (χ1v) is 9.59. The lowest BCUT2D eigenvalue weighted by atomic mass is 9.74. The summed E-state index contributed by atoms with van der Waals surface area (Å²) >= 11 is 0. The lowest BCUT2D eigenvalue weighted by Crippen LogP contribution is -2.58. The van der Waals surface area contributed by atoms with E-state index in [1.165, 1.54) is 41.2 Å². The molecule has 1 unspecified atom stereocenters. The van der Waals surface area contributed by atoms with Crippen LogP contribution in [0.25, 0.3) is 10.8 Å². The Kier molecular flexibility index (Phi) is 4.55. The van der Waals surface area contributed by atoms with E-state index in [1.54, 1.807) is 0 Å². The van der Waals surface area contributed by atoms with Crippen LogP contribution in [-0.4, -0.2) is 11.1 Å². The molecule has 1 atom stereocenters. The van der Waals surface area contributed by atoms with Crippen molar-refractivity contribution in [2.75, 3.05) is 0 Å². The molecule has 23 heavy (non-hydrogen) atoms. The molecule has 1 heterocycles. The molecule has 2 aromatic carbocycles. The van der Waals surface area contributed by atoms with Gasteiger partial charge in [-0.25, -0.2) is 0 Å². The zero-order valence-electron chi connectivity index (χ0n) is 14.9. The Hall–Kier alpha value is -0.910. The summed E-state index contributed by atoms with van der Waals surface area (Å²) in [5, 5.41) is 6.52. The molecule has 2 aromatic rings. The molecule has 0 saturated carbocycles. The number of benzene rings is 2. The summed E-state index contributed by atoms with van der Waals surface area (Å²) in [5.41, 5.74) is 3.33. The van der Waals surface area contributed by atoms with Gasteiger partial charge in [0.25, 0.3) is 0 Å². The maximum Gasteiger partial charge on any atom is 0.0132 e. The number of rotatable bonds is 3. The number of piperidine rings is 1. The quantitative estimate of drug-likeness (QED) is 0.753. The Bertz CT molecular complexity index is 686. The fraction of sp³-hybridized carbons (Fsp3) is 0.524. The minimum Gasteiger partial charge on any atom is -0.307 e. The Balaban J connectivity index is 1.81. The zero-order chi connectivity index (χ0) is 16.7. The van der Waals surface area contributed by atoms with Gasteiger partial charge in [0.15, 0.2) is 0 Å². The van der Waals surface area contributed by atoms with Crippen molar-refractivity contribution in [2.24, 2.45) is 5.92 Å². The van der Waals surface area contributed by atoms with E-state index in [0.717, 1.165) is 12.1 Å². The minimum absolute atomic E-state index is 0.233. The van der Waals surface area contributed by atoms with Crippen molar-refractivity contribution in [3.05, 3.63) is 47.5 Å². The van der Waals surface area contributed by atoms with E-state index in [4.69, 9.17) is 0 Å². The summed E-state index contributed by atoms with van der Waals surface area (Å²) < 4.78 is 0. The van der Waals surface area contributed by atoms with E-state index in [9.17, 15) is 0 Å². The summed E-state index contributed by atoms with van der Waals surface area (Å²) in [7, 11) is 2.81.